The van der Waals surface area contributed by atoms with Crippen LogP contribution in [-0.2, 0) is 4.79 Å². The van der Waals surface area contributed by atoms with E-state index >= 15 is 0 Å². The van der Waals surface area contributed by atoms with Crippen molar-refractivity contribution in [3.63, 3.8) is 0 Å². The van der Waals surface area contributed by atoms with Gasteiger partial charge in [-0.05, 0) is 48.3 Å². The monoisotopic (exact) mass is 418 g/mol. The van der Waals surface area contributed by atoms with Crippen LogP contribution in [0.2, 0.25) is 0 Å². The lowest BCUT2D eigenvalue weighted by atomic mass is 9.98. The van der Waals surface area contributed by atoms with Gasteiger partial charge in [0.25, 0.3) is 17.6 Å². The molecule has 2 amide bonds. The van der Waals surface area contributed by atoms with Gasteiger partial charge < -0.3 is 14.7 Å². The van der Waals surface area contributed by atoms with Gasteiger partial charge in [0.2, 0.25) is 5.91 Å². The van der Waals surface area contributed by atoms with E-state index in [0.717, 1.165) is 0 Å². The molecule has 2 atom stereocenters. The fourth-order valence-corrected chi connectivity index (χ4v) is 3.49. The number of rotatable bonds is 6. The van der Waals surface area contributed by atoms with E-state index in [-0.39, 0.29) is 35.4 Å². The number of thioether (sulfide) groups is 1. The summed E-state index contributed by atoms with van der Waals surface area (Å²) in [5.41, 5.74) is 0.508. The van der Waals surface area contributed by atoms with Crippen molar-refractivity contribution in [2.45, 2.75) is 32.4 Å². The molecule has 1 fully saturated rings. The number of nitrogens with zero attached hydrogens (tertiary/aromatic N) is 3. The van der Waals surface area contributed by atoms with E-state index in [9.17, 15) is 14.0 Å². The van der Waals surface area contributed by atoms with E-state index < -0.39 is 11.9 Å². The molecule has 2 aromatic rings. The maximum absolute atomic E-state index is 13.1. The minimum Gasteiger partial charge on any atom is -0.346 e. The molecule has 1 N–H and O–H groups in total. The van der Waals surface area contributed by atoms with Crippen molar-refractivity contribution in [2.75, 3.05) is 12.8 Å². The summed E-state index contributed by atoms with van der Waals surface area (Å²) in [6.45, 7) is 4.31. The fourth-order valence-electron chi connectivity index (χ4n) is 3.14. The molecule has 3 rings (SSSR count). The molecule has 7 nitrogen and oxygen atoms in total. The Kier molecular flexibility index (Phi) is 6.68. The first kappa shape index (κ1) is 21.0. The van der Waals surface area contributed by atoms with Gasteiger partial charge in [0.15, 0.2) is 0 Å². The third-order valence-corrected chi connectivity index (χ3v) is 4.94. The van der Waals surface area contributed by atoms with Crippen LogP contribution in [0, 0.1) is 11.7 Å². The number of benzene rings is 1. The summed E-state index contributed by atoms with van der Waals surface area (Å²) in [4.78, 5) is 31.5. The largest absolute Gasteiger partial charge is 0.346 e. The minimum absolute atomic E-state index is 0.119. The van der Waals surface area contributed by atoms with Gasteiger partial charge in [-0.15, -0.1) is 11.8 Å². The Hall–Kier alpha value is -2.68. The van der Waals surface area contributed by atoms with Gasteiger partial charge in [0.05, 0.1) is 6.04 Å². The highest BCUT2D eigenvalue weighted by Crippen LogP contribution is 2.22. The lowest BCUT2D eigenvalue weighted by Gasteiger charge is -2.38. The molecule has 1 aliphatic rings. The van der Waals surface area contributed by atoms with Crippen LogP contribution in [0.5, 0.6) is 0 Å². The summed E-state index contributed by atoms with van der Waals surface area (Å²) in [7, 11) is 0. The summed E-state index contributed by atoms with van der Waals surface area (Å²) < 4.78 is 18.3. The normalized spacial score (nSPS) is 19.8. The van der Waals surface area contributed by atoms with E-state index in [1.165, 1.54) is 40.9 Å². The highest BCUT2D eigenvalue weighted by Gasteiger charge is 2.38. The lowest BCUT2D eigenvalue weighted by molar-refractivity contribution is -0.129. The molecule has 0 bridgehead atoms. The van der Waals surface area contributed by atoms with Crippen LogP contribution in [0.4, 0.5) is 4.39 Å². The quantitative estimate of drug-likeness (QED) is 0.776. The average molecular weight is 418 g/mol. The smallest absolute Gasteiger partial charge is 0.296 e. The molecule has 154 valence electrons. The van der Waals surface area contributed by atoms with Crippen LogP contribution in [0.25, 0.3) is 11.5 Å². The molecular weight excluding hydrogens is 395 g/mol. The van der Waals surface area contributed by atoms with Crippen molar-refractivity contribution in [3.05, 3.63) is 47.4 Å². The predicted octanol–water partition coefficient (Wildman–Crippen LogP) is 3.11. The Bertz CT molecular complexity index is 897. The summed E-state index contributed by atoms with van der Waals surface area (Å²) in [5.74, 6) is -0.833. The van der Waals surface area contributed by atoms with Gasteiger partial charge in [-0.25, -0.2) is 4.39 Å². The number of aromatic nitrogens is 2. The second kappa shape index (κ2) is 9.21. The Morgan fingerprint density at radius 1 is 1.41 bits per heavy atom. The van der Waals surface area contributed by atoms with Gasteiger partial charge in [0, 0.05) is 12.1 Å². The van der Waals surface area contributed by atoms with Gasteiger partial charge in [-0.2, -0.15) is 4.98 Å². The maximum atomic E-state index is 13.1. The summed E-state index contributed by atoms with van der Waals surface area (Å²) in [5, 5.41) is 8.61. The molecule has 0 radical (unpaired) electrons. The number of hydrogen-bond acceptors (Lipinski definition) is 6. The van der Waals surface area contributed by atoms with Gasteiger partial charge in [-0.1, -0.05) is 25.1 Å². The molecule has 1 aliphatic heterocycles. The number of carbonyl (C=O) groups is 2. The van der Waals surface area contributed by atoms with E-state index in [1.54, 1.807) is 0 Å². The zero-order valence-electron chi connectivity index (χ0n) is 16.5. The Balaban J connectivity index is 1.85. The second-order valence-electron chi connectivity index (χ2n) is 7.21. The summed E-state index contributed by atoms with van der Waals surface area (Å²) in [6.07, 6.45) is 4.30. The summed E-state index contributed by atoms with van der Waals surface area (Å²) >= 11 is 1.51. The zero-order valence-corrected chi connectivity index (χ0v) is 17.3. The molecule has 1 aromatic carbocycles. The lowest BCUT2D eigenvalue weighted by Crippen LogP contribution is -2.61. The first-order valence-electron chi connectivity index (χ1n) is 9.29. The van der Waals surface area contributed by atoms with Crippen molar-refractivity contribution in [1.82, 2.24) is 20.4 Å². The number of piperazine rings is 1. The number of carbonyl (C=O) groups excluding carboxylic acids is 2. The van der Waals surface area contributed by atoms with Crippen molar-refractivity contribution in [1.29, 1.82) is 0 Å². The molecule has 0 saturated carbocycles. The van der Waals surface area contributed by atoms with E-state index in [4.69, 9.17) is 4.52 Å². The Morgan fingerprint density at radius 3 is 2.79 bits per heavy atom. The first-order valence-corrected chi connectivity index (χ1v) is 10.6. The molecule has 2 heterocycles. The average Bonchev–Trinajstić information content (AvgIpc) is 3.18. The number of hydrogen-bond donors (Lipinski definition) is 1. The molecule has 1 aromatic heterocycles. The van der Waals surface area contributed by atoms with Crippen LogP contribution < -0.4 is 5.32 Å². The number of amides is 2. The second-order valence-corrected chi connectivity index (χ2v) is 7.96. The Morgan fingerprint density at radius 2 is 2.14 bits per heavy atom. The van der Waals surface area contributed by atoms with Crippen LogP contribution in [0.1, 0.15) is 30.9 Å². The summed E-state index contributed by atoms with van der Waals surface area (Å²) in [6, 6.07) is 4.65. The molecule has 2 unspecified atom stereocenters. The van der Waals surface area contributed by atoms with Crippen molar-refractivity contribution in [3.8, 4) is 11.5 Å². The van der Waals surface area contributed by atoms with E-state index in [0.29, 0.717) is 18.5 Å². The SMILES string of the molecule is CSC=CC1CN(C(=O)c2noc(-c3ccc(F)cc3)n2)C(CC(C)C)C(=O)N1. The van der Waals surface area contributed by atoms with Crippen molar-refractivity contribution < 1.29 is 18.5 Å². The van der Waals surface area contributed by atoms with Crippen LogP contribution in [-0.4, -0.2) is 51.7 Å². The highest BCUT2D eigenvalue weighted by molar-refractivity contribution is 8.01. The minimum atomic E-state index is -0.603. The molecule has 0 spiro atoms. The van der Waals surface area contributed by atoms with Crippen LogP contribution >= 0.6 is 11.8 Å². The number of halogens is 1. The van der Waals surface area contributed by atoms with Crippen molar-refractivity contribution in [2.24, 2.45) is 5.92 Å². The van der Waals surface area contributed by atoms with Gasteiger partial charge in [-0.3, -0.25) is 9.59 Å². The maximum Gasteiger partial charge on any atom is 0.296 e. The first-order chi connectivity index (χ1) is 13.9. The third kappa shape index (κ3) is 5.03. The predicted molar refractivity (Wildman–Crippen MR) is 109 cm³/mol. The van der Waals surface area contributed by atoms with Crippen LogP contribution in [0.15, 0.2) is 40.3 Å². The van der Waals surface area contributed by atoms with Gasteiger partial charge >= 0.3 is 0 Å². The molecule has 0 aliphatic carbocycles. The third-order valence-electron chi connectivity index (χ3n) is 4.51. The topological polar surface area (TPSA) is 88.3 Å². The van der Waals surface area contributed by atoms with Crippen LogP contribution in [0.3, 0.4) is 0 Å². The highest BCUT2D eigenvalue weighted by atomic mass is 32.2. The Labute approximate surface area is 172 Å². The molecule has 1 saturated heterocycles. The van der Waals surface area contributed by atoms with Gasteiger partial charge in [0.1, 0.15) is 11.9 Å². The van der Waals surface area contributed by atoms with E-state index in [2.05, 4.69) is 15.5 Å². The molecule has 9 heteroatoms. The zero-order chi connectivity index (χ0) is 21.0. The molecule has 29 heavy (non-hydrogen) atoms. The standard InChI is InChI=1S/C20H23FN4O3S/c1-12(2)10-16-18(26)22-15(8-9-29-3)11-25(16)20(27)17-23-19(28-24-17)13-4-6-14(21)7-5-13/h4-9,12,15-16H,10-11H2,1-3H3,(H,22,26). The van der Waals surface area contributed by atoms with Crippen molar-refractivity contribution >= 4 is 23.6 Å². The number of nitrogens with one attached hydrogen (secondary N) is 1. The van der Waals surface area contributed by atoms with E-state index in [1.807, 2.05) is 31.6 Å². The molecular formula is C20H23FN4O3S. The fraction of sp³-hybridized carbons (Fsp3) is 0.400.